The number of hydrogen-bond donors (Lipinski definition) is 0. The lowest BCUT2D eigenvalue weighted by atomic mass is 10.4. The summed E-state index contributed by atoms with van der Waals surface area (Å²) in [4.78, 5) is 22.6. The molecule has 0 aromatic heterocycles. The van der Waals surface area contributed by atoms with Crippen molar-refractivity contribution in [1.82, 2.24) is 0 Å². The van der Waals surface area contributed by atoms with Gasteiger partial charge in [0.05, 0.1) is 14.2 Å². The van der Waals surface area contributed by atoms with E-state index in [1.807, 2.05) is 0 Å². The lowest BCUT2D eigenvalue weighted by molar-refractivity contribution is -0.181. The van der Waals surface area contributed by atoms with Crippen LogP contribution in [0.3, 0.4) is 0 Å². The average molecular weight is 190 g/mol. The topological polar surface area (TPSA) is 61.8 Å². The van der Waals surface area contributed by atoms with Gasteiger partial charge >= 0.3 is 11.9 Å². The highest BCUT2D eigenvalue weighted by atomic mass is 16.8. The molecule has 0 aromatic rings. The molecule has 1 aliphatic heterocycles. The first-order chi connectivity index (χ1) is 6.17. The minimum absolute atomic E-state index is 0.326. The van der Waals surface area contributed by atoms with Crippen LogP contribution in [0.4, 0.5) is 0 Å². The van der Waals surface area contributed by atoms with E-state index in [1.165, 1.54) is 14.2 Å². The highest BCUT2D eigenvalue weighted by Gasteiger charge is 2.52. The molecule has 74 valence electrons. The number of esters is 2. The third-order valence-electron chi connectivity index (χ3n) is 2.05. The summed E-state index contributed by atoms with van der Waals surface area (Å²) in [6.45, 7) is 0.379. The number of carbonyl (C=O) groups excluding carboxylic acids is 2. The molecule has 0 atom stereocenters. The van der Waals surface area contributed by atoms with Gasteiger partial charge in [-0.2, -0.15) is 0 Å². The van der Waals surface area contributed by atoms with E-state index in [2.05, 4.69) is 9.47 Å². The van der Waals surface area contributed by atoms with Gasteiger partial charge in [-0.15, -0.1) is 0 Å². The van der Waals surface area contributed by atoms with Crippen molar-refractivity contribution in [3.8, 4) is 0 Å². The van der Waals surface area contributed by atoms with Crippen molar-refractivity contribution in [2.45, 2.75) is 18.4 Å². The van der Waals surface area contributed by atoms with Gasteiger partial charge in [0, 0.05) is 13.0 Å². The Kier molecular flexibility index (Phi) is 2.87. The van der Waals surface area contributed by atoms with Crippen molar-refractivity contribution in [2.75, 3.05) is 20.8 Å². The van der Waals surface area contributed by atoms with Crippen LogP contribution in [-0.4, -0.2) is 38.4 Å². The maximum atomic E-state index is 11.3. The predicted octanol–water partition coefficient (Wildman–Crippen LogP) is -0.118. The molecule has 0 aliphatic carbocycles. The van der Waals surface area contributed by atoms with Crippen LogP contribution >= 0.6 is 0 Å². The summed E-state index contributed by atoms with van der Waals surface area (Å²) in [5.74, 6) is -1.37. The zero-order valence-corrected chi connectivity index (χ0v) is 7.66. The van der Waals surface area contributed by atoms with Crippen LogP contribution in [0.25, 0.3) is 0 Å². The van der Waals surface area contributed by atoms with E-state index >= 15 is 0 Å². The summed E-state index contributed by atoms with van der Waals surface area (Å²) in [5, 5.41) is 0. The molecule has 0 amide bonds. The van der Waals surface area contributed by atoms with E-state index in [1.54, 1.807) is 0 Å². The second-order valence-electron chi connectivity index (χ2n) is 2.76. The molecule has 0 saturated carbocycles. The number of rotatable bonds is 2. The Morgan fingerprint density at radius 3 is 2.08 bits per heavy atom. The molecule has 5 nitrogen and oxygen atoms in total. The molecule has 1 saturated heterocycles. The SMILES string of the molecule is COC(=O)[14C]1(C(=O)OC)CCCO1. The molecular weight excluding hydrogens is 178 g/mol. The van der Waals surface area contributed by atoms with E-state index in [9.17, 15) is 9.59 Å². The fraction of sp³-hybridized carbons (Fsp3) is 0.750. The van der Waals surface area contributed by atoms with E-state index in [-0.39, 0.29) is 0 Å². The lowest BCUT2D eigenvalue weighted by Gasteiger charge is -2.21. The predicted molar refractivity (Wildman–Crippen MR) is 41.9 cm³/mol. The molecule has 5 heteroatoms. The van der Waals surface area contributed by atoms with Gasteiger partial charge in [-0.25, -0.2) is 9.59 Å². The summed E-state index contributed by atoms with van der Waals surface area (Å²) in [6, 6.07) is 0. The number of ether oxygens (including phenoxy) is 3. The van der Waals surface area contributed by atoms with Crippen LogP contribution in [-0.2, 0) is 23.8 Å². The Morgan fingerprint density at radius 1 is 1.23 bits per heavy atom. The minimum atomic E-state index is -1.51. The molecular formula is C8H12O5. The van der Waals surface area contributed by atoms with Crippen LogP contribution in [0.5, 0.6) is 0 Å². The third kappa shape index (κ3) is 1.51. The van der Waals surface area contributed by atoms with Crippen molar-refractivity contribution in [3.05, 3.63) is 0 Å². The van der Waals surface area contributed by atoms with E-state index in [4.69, 9.17) is 4.74 Å². The van der Waals surface area contributed by atoms with Gasteiger partial charge in [-0.3, -0.25) is 0 Å². The summed E-state index contributed by atoms with van der Waals surface area (Å²) in [7, 11) is 2.43. The van der Waals surface area contributed by atoms with Gasteiger partial charge in [0.1, 0.15) is 0 Å². The maximum absolute atomic E-state index is 11.3. The Bertz CT molecular complexity index is 199. The second kappa shape index (κ2) is 3.74. The quantitative estimate of drug-likeness (QED) is 0.448. The Hall–Kier alpha value is -1.10. The molecule has 0 N–H and O–H groups in total. The fourth-order valence-corrected chi connectivity index (χ4v) is 1.37. The first-order valence-corrected chi connectivity index (χ1v) is 3.98. The fourth-order valence-electron chi connectivity index (χ4n) is 1.37. The molecule has 0 spiro atoms. The summed E-state index contributed by atoms with van der Waals surface area (Å²) < 4.78 is 14.1. The molecule has 13 heavy (non-hydrogen) atoms. The number of methoxy groups -OCH3 is 2. The summed E-state index contributed by atoms with van der Waals surface area (Å²) in [6.07, 6.45) is 0.983. The van der Waals surface area contributed by atoms with Crippen molar-refractivity contribution in [1.29, 1.82) is 0 Å². The first kappa shape index (κ1) is 9.98. The standard InChI is InChI=1S/C8H12O5/c1-11-6(9)8(7(10)12-2)4-3-5-13-8/h3-5H2,1-2H3/i8+2. The van der Waals surface area contributed by atoms with Gasteiger partial charge < -0.3 is 14.2 Å². The normalized spacial score (nSPS) is 19.5. The second-order valence-corrected chi connectivity index (χ2v) is 2.76. The van der Waals surface area contributed by atoms with Crippen LogP contribution in [0.1, 0.15) is 12.8 Å². The highest BCUT2D eigenvalue weighted by Crippen LogP contribution is 2.28. The van der Waals surface area contributed by atoms with Gasteiger partial charge in [0.2, 0.25) is 0 Å². The lowest BCUT2D eigenvalue weighted by Crippen LogP contribution is -2.47. The molecule has 0 unspecified atom stereocenters. The Balaban J connectivity index is 2.86. The van der Waals surface area contributed by atoms with Crippen LogP contribution < -0.4 is 0 Å². The number of carbonyl (C=O) groups is 2. The van der Waals surface area contributed by atoms with Gasteiger partial charge in [0.15, 0.2) is 0 Å². The average Bonchev–Trinajstić information content (AvgIpc) is 2.65. The molecule has 0 bridgehead atoms. The zero-order chi connectivity index (χ0) is 9.90. The largest absolute Gasteiger partial charge is 0.466 e. The van der Waals surface area contributed by atoms with E-state index < -0.39 is 17.5 Å². The zero-order valence-electron chi connectivity index (χ0n) is 7.66. The highest BCUT2D eigenvalue weighted by molar-refractivity contribution is 6.03. The maximum Gasteiger partial charge on any atom is 0.350 e. The van der Waals surface area contributed by atoms with Crippen molar-refractivity contribution in [3.63, 3.8) is 0 Å². The van der Waals surface area contributed by atoms with Gasteiger partial charge in [0.25, 0.3) is 5.60 Å². The monoisotopic (exact) mass is 190 g/mol. The summed E-state index contributed by atoms with van der Waals surface area (Å²) >= 11 is 0. The first-order valence-electron chi connectivity index (χ1n) is 3.98. The molecule has 0 radical (unpaired) electrons. The van der Waals surface area contributed by atoms with E-state index in [0.717, 1.165) is 0 Å². The van der Waals surface area contributed by atoms with Crippen molar-refractivity contribution in [2.24, 2.45) is 0 Å². The van der Waals surface area contributed by atoms with Crippen molar-refractivity contribution < 1.29 is 23.8 Å². The van der Waals surface area contributed by atoms with Gasteiger partial charge in [-0.05, 0) is 6.42 Å². The third-order valence-corrected chi connectivity index (χ3v) is 2.05. The van der Waals surface area contributed by atoms with E-state index in [0.29, 0.717) is 19.4 Å². The Morgan fingerprint density at radius 2 is 1.77 bits per heavy atom. The Labute approximate surface area is 76.0 Å². The smallest absolute Gasteiger partial charge is 0.350 e. The molecule has 1 rings (SSSR count). The van der Waals surface area contributed by atoms with Crippen molar-refractivity contribution >= 4 is 11.9 Å². The molecule has 1 fully saturated rings. The van der Waals surface area contributed by atoms with Crippen LogP contribution in [0.15, 0.2) is 0 Å². The minimum Gasteiger partial charge on any atom is -0.466 e. The molecule has 0 aromatic carbocycles. The molecule has 1 heterocycles. The summed E-state index contributed by atoms with van der Waals surface area (Å²) in [5.41, 5.74) is -1.51. The molecule has 1 aliphatic rings. The van der Waals surface area contributed by atoms with Crippen LogP contribution in [0.2, 0.25) is 0 Å². The van der Waals surface area contributed by atoms with Crippen LogP contribution in [0, 0.1) is 0 Å². The van der Waals surface area contributed by atoms with Gasteiger partial charge in [-0.1, -0.05) is 0 Å². The number of hydrogen-bond acceptors (Lipinski definition) is 5.